The van der Waals surface area contributed by atoms with E-state index in [-0.39, 0.29) is 29.8 Å². The second kappa shape index (κ2) is 13.7. The van der Waals surface area contributed by atoms with Gasteiger partial charge in [-0.3, -0.25) is 9.59 Å². The van der Waals surface area contributed by atoms with Crippen LogP contribution in [0.2, 0.25) is 10.0 Å². The lowest BCUT2D eigenvalue weighted by Gasteiger charge is -2.32. The minimum absolute atomic E-state index is 0.0698. The van der Waals surface area contributed by atoms with Crippen LogP contribution in [0.3, 0.4) is 0 Å². The first kappa shape index (κ1) is 30.1. The molecule has 0 spiro atoms. The van der Waals surface area contributed by atoms with E-state index < -0.39 is 6.04 Å². The standard InChI is InChI=1S/C34H40Cl2N2O2/c1-34(2,3)27-17-13-24(14-18-27)15-20-32(39)38(23-26-16-19-28(35)22-30(26)36)31(21-25-9-5-4-6-10-25)33(40)37-29-11-7-8-12-29/h4-6,9-10,13-14,16-19,22,29,31H,7-8,11-12,15,20-21,23H2,1-3H3,(H,37,40)/t31-/m0/s1. The van der Waals surface area contributed by atoms with Crippen LogP contribution in [0, 0.1) is 0 Å². The Balaban J connectivity index is 1.61. The molecule has 0 unspecified atom stereocenters. The monoisotopic (exact) mass is 578 g/mol. The molecule has 6 heteroatoms. The van der Waals surface area contributed by atoms with E-state index in [1.165, 1.54) is 5.56 Å². The molecule has 1 atom stereocenters. The fourth-order valence-corrected chi connectivity index (χ4v) is 5.79. The Labute approximate surface area is 249 Å². The summed E-state index contributed by atoms with van der Waals surface area (Å²) in [5.74, 6) is -0.183. The summed E-state index contributed by atoms with van der Waals surface area (Å²) in [4.78, 5) is 29.5. The minimum atomic E-state index is -0.662. The number of carbonyl (C=O) groups excluding carboxylic acids is 2. The Hall–Kier alpha value is -2.82. The molecule has 0 heterocycles. The number of amides is 2. The SMILES string of the molecule is CC(C)(C)c1ccc(CCC(=O)N(Cc2ccc(Cl)cc2Cl)[C@@H](Cc2ccccc2)C(=O)NC2CCCC2)cc1. The Morgan fingerprint density at radius 1 is 0.925 bits per heavy atom. The molecule has 4 nitrogen and oxygen atoms in total. The van der Waals surface area contributed by atoms with Gasteiger partial charge in [0.15, 0.2) is 0 Å². The average Bonchev–Trinajstić information content (AvgIpc) is 3.43. The summed E-state index contributed by atoms with van der Waals surface area (Å²) in [7, 11) is 0. The number of aryl methyl sites for hydroxylation is 1. The summed E-state index contributed by atoms with van der Waals surface area (Å²) in [5, 5.41) is 4.27. The van der Waals surface area contributed by atoms with Crippen LogP contribution in [0.15, 0.2) is 72.8 Å². The highest BCUT2D eigenvalue weighted by Crippen LogP contribution is 2.26. The lowest BCUT2D eigenvalue weighted by Crippen LogP contribution is -2.52. The maximum Gasteiger partial charge on any atom is 0.243 e. The predicted molar refractivity (Wildman–Crippen MR) is 165 cm³/mol. The van der Waals surface area contributed by atoms with Gasteiger partial charge in [-0.1, -0.05) is 117 Å². The molecule has 0 saturated heterocycles. The Morgan fingerprint density at radius 3 is 2.23 bits per heavy atom. The van der Waals surface area contributed by atoms with Crippen molar-refractivity contribution in [2.75, 3.05) is 0 Å². The molecule has 0 aromatic heterocycles. The fraction of sp³-hybridized carbons (Fsp3) is 0.412. The zero-order valence-corrected chi connectivity index (χ0v) is 25.3. The third kappa shape index (κ3) is 8.34. The van der Waals surface area contributed by atoms with E-state index in [9.17, 15) is 9.59 Å². The maximum absolute atomic E-state index is 14.0. The van der Waals surface area contributed by atoms with Crippen LogP contribution in [-0.4, -0.2) is 28.8 Å². The van der Waals surface area contributed by atoms with Crippen molar-refractivity contribution in [3.63, 3.8) is 0 Å². The number of carbonyl (C=O) groups is 2. The minimum Gasteiger partial charge on any atom is -0.352 e. The number of halogens is 2. The van der Waals surface area contributed by atoms with Crippen LogP contribution in [0.4, 0.5) is 0 Å². The summed E-state index contributed by atoms with van der Waals surface area (Å²) < 4.78 is 0. The summed E-state index contributed by atoms with van der Waals surface area (Å²) in [6.45, 7) is 6.80. The Morgan fingerprint density at radius 2 is 1.60 bits per heavy atom. The van der Waals surface area contributed by atoms with Crippen molar-refractivity contribution in [3.8, 4) is 0 Å². The predicted octanol–water partition coefficient (Wildman–Crippen LogP) is 7.92. The molecule has 3 aromatic carbocycles. The van der Waals surface area contributed by atoms with Gasteiger partial charge in [-0.05, 0) is 59.1 Å². The normalized spacial score (nSPS) is 14.6. The second-order valence-corrected chi connectivity index (χ2v) is 12.7. The van der Waals surface area contributed by atoms with E-state index in [0.29, 0.717) is 29.3 Å². The van der Waals surface area contributed by atoms with Crippen LogP contribution >= 0.6 is 23.2 Å². The molecule has 0 aliphatic heterocycles. The summed E-state index contributed by atoms with van der Waals surface area (Å²) >= 11 is 12.7. The van der Waals surface area contributed by atoms with E-state index >= 15 is 0 Å². The van der Waals surface area contributed by atoms with Crippen LogP contribution in [0.5, 0.6) is 0 Å². The molecule has 0 bridgehead atoms. The molecule has 2 amide bonds. The van der Waals surface area contributed by atoms with Crippen molar-refractivity contribution in [2.45, 2.75) is 89.8 Å². The third-order valence-electron chi connectivity index (χ3n) is 7.78. The van der Waals surface area contributed by atoms with Crippen molar-refractivity contribution in [2.24, 2.45) is 0 Å². The van der Waals surface area contributed by atoms with Gasteiger partial charge in [-0.2, -0.15) is 0 Å². The largest absolute Gasteiger partial charge is 0.352 e. The van der Waals surface area contributed by atoms with E-state index in [4.69, 9.17) is 23.2 Å². The molecule has 1 aliphatic rings. The summed E-state index contributed by atoms with van der Waals surface area (Å²) in [5.41, 5.74) is 4.20. The summed E-state index contributed by atoms with van der Waals surface area (Å²) in [6, 6.07) is 23.2. The van der Waals surface area contributed by atoms with Gasteiger partial charge in [0.1, 0.15) is 6.04 Å². The van der Waals surface area contributed by atoms with Crippen molar-refractivity contribution in [1.82, 2.24) is 10.2 Å². The molecule has 1 fully saturated rings. The molecular weight excluding hydrogens is 539 g/mol. The molecule has 212 valence electrons. The van der Waals surface area contributed by atoms with Gasteiger partial charge >= 0.3 is 0 Å². The van der Waals surface area contributed by atoms with E-state index in [2.05, 4.69) is 50.4 Å². The van der Waals surface area contributed by atoms with Gasteiger partial charge in [0.2, 0.25) is 11.8 Å². The van der Waals surface area contributed by atoms with Gasteiger partial charge in [0, 0.05) is 35.5 Å². The number of hydrogen-bond donors (Lipinski definition) is 1. The van der Waals surface area contributed by atoms with Gasteiger partial charge in [-0.25, -0.2) is 0 Å². The third-order valence-corrected chi connectivity index (χ3v) is 8.36. The molecule has 1 saturated carbocycles. The van der Waals surface area contributed by atoms with Gasteiger partial charge < -0.3 is 10.2 Å². The molecule has 1 aliphatic carbocycles. The van der Waals surface area contributed by atoms with Crippen LogP contribution in [0.25, 0.3) is 0 Å². The van der Waals surface area contributed by atoms with Crippen molar-refractivity contribution >= 4 is 35.0 Å². The number of rotatable bonds is 10. The molecule has 3 aromatic rings. The van der Waals surface area contributed by atoms with Crippen LogP contribution in [0.1, 0.15) is 75.1 Å². The molecule has 4 rings (SSSR count). The molecule has 0 radical (unpaired) electrons. The lowest BCUT2D eigenvalue weighted by molar-refractivity contribution is -0.141. The molecule has 40 heavy (non-hydrogen) atoms. The van der Waals surface area contributed by atoms with Gasteiger partial charge in [-0.15, -0.1) is 0 Å². The van der Waals surface area contributed by atoms with Crippen molar-refractivity contribution in [3.05, 3.63) is 105 Å². The highest BCUT2D eigenvalue weighted by Gasteiger charge is 2.32. The van der Waals surface area contributed by atoms with E-state index in [1.807, 2.05) is 36.4 Å². The molecular formula is C34H40Cl2N2O2. The smallest absolute Gasteiger partial charge is 0.243 e. The van der Waals surface area contributed by atoms with Gasteiger partial charge in [0.25, 0.3) is 0 Å². The highest BCUT2D eigenvalue weighted by molar-refractivity contribution is 6.35. The van der Waals surface area contributed by atoms with E-state index in [1.54, 1.807) is 17.0 Å². The number of hydrogen-bond acceptors (Lipinski definition) is 2. The number of nitrogens with one attached hydrogen (secondary N) is 1. The van der Waals surface area contributed by atoms with Gasteiger partial charge in [0.05, 0.1) is 0 Å². The topological polar surface area (TPSA) is 49.4 Å². The second-order valence-electron chi connectivity index (χ2n) is 11.9. The highest BCUT2D eigenvalue weighted by atomic mass is 35.5. The maximum atomic E-state index is 14.0. The van der Waals surface area contributed by atoms with Crippen LogP contribution < -0.4 is 5.32 Å². The first-order valence-corrected chi connectivity index (χ1v) is 15.0. The average molecular weight is 580 g/mol. The summed E-state index contributed by atoms with van der Waals surface area (Å²) in [6.07, 6.45) is 5.50. The zero-order chi connectivity index (χ0) is 28.7. The first-order valence-electron chi connectivity index (χ1n) is 14.3. The van der Waals surface area contributed by atoms with Crippen molar-refractivity contribution < 1.29 is 9.59 Å². The van der Waals surface area contributed by atoms with Crippen molar-refractivity contribution in [1.29, 1.82) is 0 Å². The number of nitrogens with zero attached hydrogens (tertiary/aromatic N) is 1. The quantitative estimate of drug-likeness (QED) is 0.265. The first-order chi connectivity index (χ1) is 19.1. The fourth-order valence-electron chi connectivity index (χ4n) is 5.32. The molecule has 1 N–H and O–H groups in total. The Bertz CT molecular complexity index is 1280. The zero-order valence-electron chi connectivity index (χ0n) is 23.8. The lowest BCUT2D eigenvalue weighted by atomic mass is 9.86. The Kier molecular flexibility index (Phi) is 10.3. The number of benzene rings is 3. The van der Waals surface area contributed by atoms with Crippen LogP contribution in [-0.2, 0) is 34.4 Å². The van der Waals surface area contributed by atoms with E-state index in [0.717, 1.165) is 42.4 Å².